The van der Waals surface area contributed by atoms with Crippen molar-refractivity contribution in [1.29, 1.82) is 0 Å². The van der Waals surface area contributed by atoms with Crippen molar-refractivity contribution >= 4 is 96.3 Å². The summed E-state index contributed by atoms with van der Waals surface area (Å²) in [6, 6.07) is 37.7. The second-order valence-corrected chi connectivity index (χ2v) is 33.2. The van der Waals surface area contributed by atoms with Crippen molar-refractivity contribution in [2.45, 2.75) is 39.5 Å². The Kier molecular flexibility index (Phi) is 36.4. The van der Waals surface area contributed by atoms with Gasteiger partial charge < -0.3 is 24.5 Å². The average molecular weight is 1550 g/mol. The molecule has 0 spiro atoms. The van der Waals surface area contributed by atoms with Gasteiger partial charge in [-0.3, -0.25) is 57.4 Å². The Morgan fingerprint density at radius 2 is 0.588 bits per heavy atom. The van der Waals surface area contributed by atoms with Gasteiger partial charge in [-0.05, 0) is 150 Å². The first-order valence-electron chi connectivity index (χ1n) is 33.4. The fourth-order valence-electron chi connectivity index (χ4n) is 11.9. The second kappa shape index (κ2) is 42.8. The van der Waals surface area contributed by atoms with Gasteiger partial charge in [-0.2, -0.15) is 42.1 Å². The van der Waals surface area contributed by atoms with E-state index in [1.54, 1.807) is 36.4 Å². The molecule has 0 radical (unpaired) electrons. The molecule has 0 bridgehead atoms. The number of non-ortho nitro benzene ring substituents is 1. The third-order valence-electron chi connectivity index (χ3n) is 17.4. The lowest BCUT2D eigenvalue weighted by atomic mass is 10.2. The lowest BCUT2D eigenvalue weighted by molar-refractivity contribution is -0.384. The molecule has 5 aromatic carbocycles. The van der Waals surface area contributed by atoms with Crippen LogP contribution in [0.4, 0.5) is 42.9 Å². The topological polar surface area (TPSA) is 347 Å². The Hall–Kier alpha value is -6.00. The lowest BCUT2D eigenvalue weighted by Crippen LogP contribution is -2.47. The highest BCUT2D eigenvalue weighted by molar-refractivity contribution is 7.86. The summed E-state index contributed by atoms with van der Waals surface area (Å²) in [7, 11) is -19.3. The molecule has 36 heteroatoms. The van der Waals surface area contributed by atoms with E-state index in [9.17, 15) is 61.0 Å². The van der Waals surface area contributed by atoms with E-state index in [-0.39, 0.29) is 53.5 Å². The highest BCUT2D eigenvalue weighted by Gasteiger charge is 2.24. The quantitative estimate of drug-likeness (QED) is 0.0213. The maximum Gasteiger partial charge on any atom is 0.269 e. The predicted molar refractivity (Wildman–Crippen MR) is 399 cm³/mol. The zero-order valence-corrected chi connectivity index (χ0v) is 61.4. The van der Waals surface area contributed by atoms with E-state index < -0.39 is 55.5 Å². The van der Waals surface area contributed by atoms with Crippen LogP contribution in [0.1, 0.15) is 39.5 Å². The lowest BCUT2D eigenvalue weighted by Gasteiger charge is -2.36. The predicted octanol–water partition coefficient (Wildman–Crippen LogP) is 6.91. The minimum Gasteiger partial charge on any atom is -0.369 e. The summed E-state index contributed by atoms with van der Waals surface area (Å²) in [5, 5.41) is 11.4. The van der Waals surface area contributed by atoms with E-state index in [4.69, 9.17) is 34.4 Å². The van der Waals surface area contributed by atoms with Crippen LogP contribution in [0.3, 0.4) is 0 Å². The molecule has 28 nitrogen and oxygen atoms in total. The molecular weight excluding hydrogens is 1450 g/mol. The zero-order chi connectivity index (χ0) is 73.6. The first-order valence-corrected chi connectivity index (χ1v) is 41.8. The minimum atomic E-state index is -3.88. The number of nitro groups is 1. The van der Waals surface area contributed by atoms with E-state index in [1.165, 1.54) is 36.0 Å². The normalized spacial score (nSPS) is 17.1. The van der Waals surface area contributed by atoms with E-state index in [0.717, 1.165) is 146 Å². The van der Waals surface area contributed by atoms with Crippen molar-refractivity contribution in [3.63, 3.8) is 0 Å². The van der Waals surface area contributed by atoms with Crippen molar-refractivity contribution in [1.82, 2.24) is 24.5 Å². The smallest absolute Gasteiger partial charge is 0.269 e. The van der Waals surface area contributed by atoms with E-state index in [2.05, 4.69) is 56.2 Å². The summed E-state index contributed by atoms with van der Waals surface area (Å²) >= 11 is 5.87. The maximum atomic E-state index is 13.7. The fraction of sp³-hybridized carbons (Fsp3) is 0.545. The van der Waals surface area contributed by atoms with Crippen LogP contribution >= 0.6 is 11.6 Å². The molecule has 0 aromatic heterocycles. The molecular formula is C66H100ClF2N11O17S5. The van der Waals surface area contributed by atoms with E-state index in [1.807, 2.05) is 53.4 Å². The van der Waals surface area contributed by atoms with Gasteiger partial charge in [0.05, 0.1) is 39.4 Å². The fourth-order valence-corrected chi connectivity index (χ4v) is 14.5. The van der Waals surface area contributed by atoms with Crippen LogP contribution in [0.5, 0.6) is 0 Å². The summed E-state index contributed by atoms with van der Waals surface area (Å²) in [5.74, 6) is -1.37. The standard InChI is InChI=1S/C13H19ClN2O3S.2C13H19FN2O3S.C13H19N3O5S.C13H20N2O3S.CH4/c2*14-12-2-4-13(5-3-12)16-9-7-15(8-10-16)6-1-11-20(17,18)19;14-12-4-1-2-5-13(12)16-9-7-15(8-10-16)6-3-11-20(17,18)19;17-16(18)13-4-2-12(3-5-13)15-9-7-14(8-10-15)6-1-11-22(19,20)21;16-19(17,18)12-4-7-14-8-10-15(11-9-14)13-5-2-1-3-6-13;/h2*2-5H,1,6-11H2,(H,17,18,19);1-2,4-5H,3,6-11H2,(H,17,18,19);2-5H,1,6-11H2,(H,19,20,21);1-3,5-6H,4,7-12H2,(H,16,17,18);1H4. The number of anilines is 5. The largest absolute Gasteiger partial charge is 0.369 e. The molecule has 5 heterocycles. The number of halogens is 3. The van der Waals surface area contributed by atoms with Gasteiger partial charge in [0, 0.05) is 171 Å². The van der Waals surface area contributed by atoms with Gasteiger partial charge in [-0.15, -0.1) is 0 Å². The number of hydrogen-bond donors (Lipinski definition) is 5. The summed E-state index contributed by atoms with van der Waals surface area (Å²) in [6.45, 7) is 20.2. The van der Waals surface area contributed by atoms with Crippen molar-refractivity contribution in [3.8, 4) is 0 Å². The SMILES string of the molecule is C.O=S(=O)(O)CCCN1CCN(c2ccc(Cl)cc2)CC1.O=S(=O)(O)CCCN1CCN(c2ccc(F)cc2)CC1.O=S(=O)(O)CCCN1CCN(c2ccccc2)CC1.O=S(=O)(O)CCCN1CCN(c2ccccc2F)CC1.O=[N+]([O-])c1ccc(N2CCN(CCCS(=O)(=O)O)CC2)cc1. The van der Waals surface area contributed by atoms with Crippen LogP contribution in [-0.2, 0) is 50.6 Å². The van der Waals surface area contributed by atoms with Crippen LogP contribution in [0.15, 0.2) is 127 Å². The van der Waals surface area contributed by atoms with Crippen LogP contribution in [0, 0.1) is 21.7 Å². The van der Waals surface area contributed by atoms with Gasteiger partial charge in [-0.25, -0.2) is 8.78 Å². The van der Waals surface area contributed by atoms with Crippen LogP contribution in [0.25, 0.3) is 0 Å². The molecule has 5 fully saturated rings. The molecule has 0 aliphatic carbocycles. The zero-order valence-electron chi connectivity index (χ0n) is 56.6. The molecule has 5 aliphatic rings. The second-order valence-electron chi connectivity index (χ2n) is 24.9. The van der Waals surface area contributed by atoms with Gasteiger partial charge >= 0.3 is 0 Å². The Labute approximate surface area is 606 Å². The molecule has 5 aromatic rings. The molecule has 0 saturated carbocycles. The number of benzene rings is 5. The Morgan fingerprint density at radius 1 is 0.343 bits per heavy atom. The summed E-state index contributed by atoms with van der Waals surface area (Å²) in [4.78, 5) is 32.0. The Balaban J connectivity index is 0.000000229. The number of rotatable bonds is 26. The molecule has 572 valence electrons. The third kappa shape index (κ3) is 35.2. The Morgan fingerprint density at radius 3 is 0.863 bits per heavy atom. The molecule has 5 N–H and O–H groups in total. The highest BCUT2D eigenvalue weighted by Crippen LogP contribution is 2.24. The summed E-state index contributed by atoms with van der Waals surface area (Å²) in [5.41, 5.74) is 5.04. The van der Waals surface area contributed by atoms with Crippen molar-refractivity contribution < 1.29 is 78.6 Å². The first kappa shape index (κ1) is 86.6. The van der Waals surface area contributed by atoms with Crippen LogP contribution in [0.2, 0.25) is 5.02 Å². The molecule has 10 rings (SSSR count). The highest BCUT2D eigenvalue weighted by atomic mass is 35.5. The molecule has 0 amide bonds. The van der Waals surface area contributed by atoms with E-state index >= 15 is 0 Å². The molecule has 102 heavy (non-hydrogen) atoms. The van der Waals surface area contributed by atoms with Crippen molar-refractivity contribution in [3.05, 3.63) is 154 Å². The van der Waals surface area contributed by atoms with Crippen molar-refractivity contribution in [2.75, 3.05) is 217 Å². The summed E-state index contributed by atoms with van der Waals surface area (Å²) in [6.07, 6.45) is 2.23. The third-order valence-corrected chi connectivity index (χ3v) is 21.6. The number of hydrogen-bond acceptors (Lipinski definition) is 22. The van der Waals surface area contributed by atoms with Gasteiger partial charge in [0.15, 0.2) is 0 Å². The molecule has 5 saturated heterocycles. The van der Waals surface area contributed by atoms with Gasteiger partial charge in [-0.1, -0.05) is 49.4 Å². The van der Waals surface area contributed by atoms with Crippen LogP contribution < -0.4 is 24.5 Å². The van der Waals surface area contributed by atoms with Gasteiger partial charge in [0.25, 0.3) is 56.3 Å². The molecule has 0 atom stereocenters. The molecule has 5 aliphatic heterocycles. The number of nitro benzene ring substituents is 1. The van der Waals surface area contributed by atoms with Gasteiger partial charge in [0.1, 0.15) is 11.6 Å². The molecule has 0 unspecified atom stereocenters. The Bertz CT molecular complexity index is 3760. The number of piperazine rings is 5. The van der Waals surface area contributed by atoms with Crippen molar-refractivity contribution in [2.24, 2.45) is 0 Å². The van der Waals surface area contributed by atoms with Crippen LogP contribution in [-0.4, -0.2) is 287 Å². The first-order chi connectivity index (χ1) is 47.7. The van der Waals surface area contributed by atoms with Gasteiger partial charge in [0.2, 0.25) is 0 Å². The monoisotopic (exact) mass is 1550 g/mol. The summed E-state index contributed by atoms with van der Waals surface area (Å²) < 4.78 is 176. The number of nitrogens with zero attached hydrogens (tertiary/aromatic N) is 11. The average Bonchev–Trinajstić information content (AvgIpc) is 0.874. The maximum absolute atomic E-state index is 13.7. The van der Waals surface area contributed by atoms with E-state index in [0.29, 0.717) is 77.1 Å². The minimum absolute atomic E-state index is 0. The number of para-hydroxylation sites is 2.